The van der Waals surface area contributed by atoms with Crippen molar-refractivity contribution in [3.8, 4) is 0 Å². The Morgan fingerprint density at radius 2 is 1.90 bits per heavy atom. The van der Waals surface area contributed by atoms with E-state index in [0.717, 1.165) is 18.5 Å². The van der Waals surface area contributed by atoms with Gasteiger partial charge in [-0.25, -0.2) is 0 Å². The molecule has 1 heterocycles. The van der Waals surface area contributed by atoms with Crippen LogP contribution in [0.15, 0.2) is 42.6 Å². The smallest absolute Gasteiger partial charge is 0.0373 e. The fourth-order valence-corrected chi connectivity index (χ4v) is 2.33. The molecule has 2 aromatic rings. The number of hydrogen-bond donors (Lipinski definition) is 0. The number of unbranched alkanes of at least 4 members (excludes halogenated alkanes) is 1. The standard InChI is InChI=1S/C19H23N/c1-5-6-7-18(17-11-10-16(4)20-13-17)19-12-14(2)8-9-15(19)3/h7-13H,5-6H2,1-4H3. The van der Waals surface area contributed by atoms with Gasteiger partial charge in [-0.2, -0.15) is 0 Å². The van der Waals surface area contributed by atoms with Crippen LogP contribution < -0.4 is 0 Å². The van der Waals surface area contributed by atoms with Gasteiger partial charge in [0, 0.05) is 17.5 Å². The summed E-state index contributed by atoms with van der Waals surface area (Å²) in [6, 6.07) is 10.9. The third-order valence-electron chi connectivity index (χ3n) is 3.54. The van der Waals surface area contributed by atoms with Gasteiger partial charge in [0.1, 0.15) is 0 Å². The first-order chi connectivity index (χ1) is 9.61. The van der Waals surface area contributed by atoms with Gasteiger partial charge in [0.15, 0.2) is 0 Å². The lowest BCUT2D eigenvalue weighted by atomic mass is 9.93. The van der Waals surface area contributed by atoms with Gasteiger partial charge in [-0.05, 0) is 50.0 Å². The molecule has 20 heavy (non-hydrogen) atoms. The van der Waals surface area contributed by atoms with Crippen LogP contribution in [0.1, 0.15) is 47.7 Å². The van der Waals surface area contributed by atoms with Crippen LogP contribution >= 0.6 is 0 Å². The highest BCUT2D eigenvalue weighted by Gasteiger charge is 2.08. The Balaban J connectivity index is 2.53. The largest absolute Gasteiger partial charge is 0.261 e. The summed E-state index contributed by atoms with van der Waals surface area (Å²) in [6.07, 6.45) is 6.58. The van der Waals surface area contributed by atoms with Crippen molar-refractivity contribution in [2.75, 3.05) is 0 Å². The van der Waals surface area contributed by atoms with Gasteiger partial charge in [-0.1, -0.05) is 49.2 Å². The predicted octanol–water partition coefficient (Wildman–Crippen LogP) is 5.24. The predicted molar refractivity (Wildman–Crippen MR) is 86.9 cm³/mol. The Labute approximate surface area is 122 Å². The molecule has 104 valence electrons. The number of pyridine rings is 1. The van der Waals surface area contributed by atoms with Gasteiger partial charge >= 0.3 is 0 Å². The molecule has 1 aromatic carbocycles. The van der Waals surface area contributed by atoms with Crippen LogP contribution in [-0.4, -0.2) is 4.98 Å². The summed E-state index contributed by atoms with van der Waals surface area (Å²) in [5, 5.41) is 0. The number of hydrogen-bond acceptors (Lipinski definition) is 1. The average Bonchev–Trinajstić information content (AvgIpc) is 2.44. The molecule has 0 aliphatic heterocycles. The maximum absolute atomic E-state index is 4.44. The molecule has 0 N–H and O–H groups in total. The van der Waals surface area contributed by atoms with E-state index < -0.39 is 0 Å². The zero-order chi connectivity index (χ0) is 14.5. The normalized spacial score (nSPS) is 11.7. The van der Waals surface area contributed by atoms with Crippen molar-refractivity contribution in [3.05, 3.63) is 70.6 Å². The summed E-state index contributed by atoms with van der Waals surface area (Å²) in [5.74, 6) is 0. The van der Waals surface area contributed by atoms with Crippen molar-refractivity contribution in [1.82, 2.24) is 4.98 Å². The first-order valence-electron chi connectivity index (χ1n) is 7.32. The lowest BCUT2D eigenvalue weighted by Gasteiger charge is -2.13. The fourth-order valence-electron chi connectivity index (χ4n) is 2.33. The van der Waals surface area contributed by atoms with Gasteiger partial charge < -0.3 is 0 Å². The van der Waals surface area contributed by atoms with E-state index in [1.165, 1.54) is 27.8 Å². The van der Waals surface area contributed by atoms with E-state index in [2.05, 4.69) is 62.2 Å². The average molecular weight is 265 g/mol. The summed E-state index contributed by atoms with van der Waals surface area (Å²) in [6.45, 7) is 8.56. The van der Waals surface area contributed by atoms with Crippen LogP contribution in [-0.2, 0) is 0 Å². The van der Waals surface area contributed by atoms with Gasteiger partial charge in [0.2, 0.25) is 0 Å². The molecule has 0 radical (unpaired) electrons. The molecule has 0 unspecified atom stereocenters. The van der Waals surface area contributed by atoms with E-state index in [1.807, 2.05) is 13.1 Å². The number of aromatic nitrogens is 1. The van der Waals surface area contributed by atoms with Gasteiger partial charge in [0.05, 0.1) is 0 Å². The molecule has 0 saturated carbocycles. The molecule has 0 saturated heterocycles. The maximum Gasteiger partial charge on any atom is 0.0373 e. The number of benzene rings is 1. The highest BCUT2D eigenvalue weighted by Crippen LogP contribution is 2.27. The lowest BCUT2D eigenvalue weighted by Crippen LogP contribution is -1.94. The van der Waals surface area contributed by atoms with Crippen LogP contribution in [0.2, 0.25) is 0 Å². The SMILES string of the molecule is CCCC=C(c1ccc(C)nc1)c1cc(C)ccc1C. The van der Waals surface area contributed by atoms with Gasteiger partial charge in [0.25, 0.3) is 0 Å². The highest BCUT2D eigenvalue weighted by atomic mass is 14.7. The number of nitrogens with zero attached hydrogens (tertiary/aromatic N) is 1. The molecule has 0 amide bonds. The first-order valence-corrected chi connectivity index (χ1v) is 7.32. The molecule has 1 nitrogen and oxygen atoms in total. The van der Waals surface area contributed by atoms with E-state index in [1.54, 1.807) is 0 Å². The minimum Gasteiger partial charge on any atom is -0.261 e. The van der Waals surface area contributed by atoms with Gasteiger partial charge in [-0.3, -0.25) is 4.98 Å². The molecule has 0 aliphatic carbocycles. The van der Waals surface area contributed by atoms with Crippen LogP contribution in [0.4, 0.5) is 0 Å². The molecule has 1 heteroatoms. The molecular weight excluding hydrogens is 242 g/mol. The first kappa shape index (κ1) is 14.5. The van der Waals surface area contributed by atoms with Crippen molar-refractivity contribution in [2.45, 2.75) is 40.5 Å². The molecular formula is C19H23N. The van der Waals surface area contributed by atoms with Crippen LogP contribution in [0.25, 0.3) is 5.57 Å². The quantitative estimate of drug-likeness (QED) is 0.736. The molecule has 1 aromatic heterocycles. The minimum atomic E-state index is 1.06. The topological polar surface area (TPSA) is 12.9 Å². The van der Waals surface area contributed by atoms with E-state index in [-0.39, 0.29) is 0 Å². The molecule has 0 aliphatic rings. The summed E-state index contributed by atoms with van der Waals surface area (Å²) in [4.78, 5) is 4.44. The zero-order valence-electron chi connectivity index (χ0n) is 12.9. The van der Waals surface area contributed by atoms with Gasteiger partial charge in [-0.15, -0.1) is 0 Å². The Morgan fingerprint density at radius 1 is 1.10 bits per heavy atom. The third-order valence-corrected chi connectivity index (χ3v) is 3.54. The van der Waals surface area contributed by atoms with Crippen LogP contribution in [0, 0.1) is 20.8 Å². The van der Waals surface area contributed by atoms with Crippen molar-refractivity contribution in [3.63, 3.8) is 0 Å². The van der Waals surface area contributed by atoms with Crippen molar-refractivity contribution in [2.24, 2.45) is 0 Å². The Kier molecular flexibility index (Phi) is 4.73. The van der Waals surface area contributed by atoms with Crippen LogP contribution in [0.3, 0.4) is 0 Å². The van der Waals surface area contributed by atoms with E-state index >= 15 is 0 Å². The monoisotopic (exact) mass is 265 g/mol. The van der Waals surface area contributed by atoms with Crippen molar-refractivity contribution < 1.29 is 0 Å². The van der Waals surface area contributed by atoms with E-state index in [0.29, 0.717) is 0 Å². The lowest BCUT2D eigenvalue weighted by molar-refractivity contribution is 0.959. The molecule has 0 spiro atoms. The summed E-state index contributed by atoms with van der Waals surface area (Å²) in [5.41, 5.74) is 7.51. The highest BCUT2D eigenvalue weighted by molar-refractivity contribution is 5.81. The fraction of sp³-hybridized carbons (Fsp3) is 0.316. The molecule has 2 rings (SSSR count). The molecule has 0 fully saturated rings. The second kappa shape index (κ2) is 6.51. The zero-order valence-corrected chi connectivity index (χ0v) is 12.9. The van der Waals surface area contributed by atoms with Crippen LogP contribution in [0.5, 0.6) is 0 Å². The number of aryl methyl sites for hydroxylation is 3. The minimum absolute atomic E-state index is 1.06. The second-order valence-electron chi connectivity index (χ2n) is 5.41. The number of rotatable bonds is 4. The molecule has 0 atom stereocenters. The molecule has 0 bridgehead atoms. The van der Waals surface area contributed by atoms with E-state index in [4.69, 9.17) is 0 Å². The maximum atomic E-state index is 4.44. The Bertz CT molecular complexity index is 606. The Morgan fingerprint density at radius 3 is 2.55 bits per heavy atom. The third kappa shape index (κ3) is 3.36. The van der Waals surface area contributed by atoms with Crippen molar-refractivity contribution >= 4 is 5.57 Å². The summed E-state index contributed by atoms with van der Waals surface area (Å²) in [7, 11) is 0. The second-order valence-corrected chi connectivity index (χ2v) is 5.41. The Hall–Kier alpha value is -1.89. The number of allylic oxidation sites excluding steroid dienone is 1. The summed E-state index contributed by atoms with van der Waals surface area (Å²) < 4.78 is 0. The van der Waals surface area contributed by atoms with Crippen molar-refractivity contribution in [1.29, 1.82) is 0 Å². The summed E-state index contributed by atoms with van der Waals surface area (Å²) >= 11 is 0. The van der Waals surface area contributed by atoms with E-state index in [9.17, 15) is 0 Å².